The molecule has 30 heavy (non-hydrogen) atoms. The molecule has 0 saturated heterocycles. The minimum absolute atomic E-state index is 0. The van der Waals surface area contributed by atoms with Gasteiger partial charge in [-0.1, -0.05) is 0 Å². The third-order valence-corrected chi connectivity index (χ3v) is 6.72. The number of hydrogen-bond donors (Lipinski definition) is 4. The van der Waals surface area contributed by atoms with Crippen molar-refractivity contribution in [3.8, 4) is 0 Å². The first-order valence-electron chi connectivity index (χ1n) is 7.78. The van der Waals surface area contributed by atoms with Crippen LogP contribution in [-0.2, 0) is 4.74 Å². The molecule has 158 valence electrons. The van der Waals surface area contributed by atoms with Gasteiger partial charge in [-0.3, -0.25) is 0 Å². The summed E-state index contributed by atoms with van der Waals surface area (Å²) in [4.78, 5) is 29.8. The molecule has 0 amide bonds. The molecule has 0 aliphatic carbocycles. The summed E-state index contributed by atoms with van der Waals surface area (Å²) in [6.45, 7) is 2.18. The normalized spacial score (nSPS) is 9.50. The van der Waals surface area contributed by atoms with Crippen LogP contribution in [-0.4, -0.2) is 51.3 Å². The van der Waals surface area contributed by atoms with Crippen molar-refractivity contribution in [2.75, 3.05) is 13.7 Å². The van der Waals surface area contributed by atoms with E-state index in [4.69, 9.17) is 14.9 Å². The van der Waals surface area contributed by atoms with Gasteiger partial charge in [0, 0.05) is 17.9 Å². The number of aromatic amines is 2. The first-order valence-corrected chi connectivity index (χ1v) is 11.1. The molecule has 4 rings (SSSR count). The zero-order valence-corrected chi connectivity index (χ0v) is 23.0. The van der Waals surface area contributed by atoms with Crippen molar-refractivity contribution in [2.24, 2.45) is 0 Å². The summed E-state index contributed by atoms with van der Waals surface area (Å²) in [5.74, 6) is -1.26. The third-order valence-electron chi connectivity index (χ3n) is 3.41. The van der Waals surface area contributed by atoms with Crippen LogP contribution in [0.3, 0.4) is 0 Å². The van der Waals surface area contributed by atoms with Crippen LogP contribution in [0.25, 0.3) is 20.4 Å². The van der Waals surface area contributed by atoms with Gasteiger partial charge in [0.2, 0.25) is 0 Å². The van der Waals surface area contributed by atoms with Crippen LogP contribution in [0.1, 0.15) is 27.9 Å². The quantitative estimate of drug-likeness (QED) is 0.212. The topological polar surface area (TPSA) is 145 Å². The van der Waals surface area contributed by atoms with Gasteiger partial charge in [-0.05, 0) is 61.7 Å². The molecule has 0 atom stereocenters. The fourth-order valence-corrected chi connectivity index (χ4v) is 5.30. The van der Waals surface area contributed by atoms with Gasteiger partial charge in [0.1, 0.15) is 21.0 Å². The van der Waals surface area contributed by atoms with Gasteiger partial charge in [-0.25, -0.2) is 9.59 Å². The summed E-state index contributed by atoms with van der Waals surface area (Å²) in [6, 6.07) is 3.84. The van der Waals surface area contributed by atoms with Crippen molar-refractivity contribution in [1.29, 1.82) is 0 Å². The molecule has 0 bridgehead atoms. The molecule has 0 unspecified atom stereocenters. The number of carboxylic acid groups (broad SMARTS) is 1. The van der Waals surface area contributed by atoms with Crippen molar-refractivity contribution in [3.05, 3.63) is 43.2 Å². The minimum atomic E-state index is -0.940. The van der Waals surface area contributed by atoms with E-state index in [0.29, 0.717) is 16.8 Å². The Morgan fingerprint density at radius 3 is 1.83 bits per heavy atom. The number of ether oxygens (including phenoxy) is 1. The Hall–Kier alpha value is -0.700. The first kappa shape index (κ1) is 29.3. The average Bonchev–Trinajstić information content (AvgIpc) is 3.42. The molecule has 13 heteroatoms. The number of aromatic nitrogens is 2. The van der Waals surface area contributed by atoms with Crippen molar-refractivity contribution in [3.63, 3.8) is 0 Å². The van der Waals surface area contributed by atoms with Gasteiger partial charge in [-0.2, -0.15) is 0 Å². The number of hydrogen-bond acceptors (Lipinski definition) is 7. The van der Waals surface area contributed by atoms with Gasteiger partial charge in [0.15, 0.2) is 0 Å². The minimum Gasteiger partial charge on any atom is -0.870 e. The van der Waals surface area contributed by atoms with Crippen LogP contribution in [0.4, 0.5) is 0 Å². The van der Waals surface area contributed by atoms with Gasteiger partial charge >= 0.3 is 41.5 Å². The average molecular weight is 592 g/mol. The molecule has 8 nitrogen and oxygen atoms in total. The van der Waals surface area contributed by atoms with E-state index < -0.39 is 5.97 Å². The van der Waals surface area contributed by atoms with Crippen LogP contribution < -0.4 is 29.6 Å². The Balaban J connectivity index is 0.000000492. The van der Waals surface area contributed by atoms with Crippen LogP contribution in [0.5, 0.6) is 0 Å². The smallest absolute Gasteiger partial charge is 0.870 e. The number of H-pyrrole nitrogens is 2. The predicted molar refractivity (Wildman–Crippen MR) is 121 cm³/mol. The number of aromatic carboxylic acids is 1. The molecular formula is C17H17Br2N2NaO6S2. The molecule has 0 aliphatic heterocycles. The number of nitrogens with one attached hydrogen (secondary N) is 2. The van der Waals surface area contributed by atoms with E-state index in [2.05, 4.69) is 41.8 Å². The summed E-state index contributed by atoms with van der Waals surface area (Å²) >= 11 is 9.66. The number of rotatable bonds is 3. The van der Waals surface area contributed by atoms with Gasteiger partial charge in [0.05, 0.1) is 15.6 Å². The Bertz CT molecular complexity index is 1100. The summed E-state index contributed by atoms with van der Waals surface area (Å²) in [7, 11) is 1.00. The summed E-state index contributed by atoms with van der Waals surface area (Å²) in [5, 5.41) is 21.6. The summed E-state index contributed by atoms with van der Waals surface area (Å²) in [6.07, 6.45) is 0. The van der Waals surface area contributed by atoms with Gasteiger partial charge in [0.25, 0.3) is 0 Å². The fraction of sp³-hybridized carbons (Fsp3) is 0.176. The van der Waals surface area contributed by atoms with E-state index in [1.165, 1.54) is 11.3 Å². The van der Waals surface area contributed by atoms with E-state index in [1.807, 2.05) is 22.9 Å². The monoisotopic (exact) mass is 590 g/mol. The third kappa shape index (κ3) is 6.40. The maximum Gasteiger partial charge on any atom is 1.00 e. The van der Waals surface area contributed by atoms with Gasteiger partial charge in [-0.15, -0.1) is 22.7 Å². The number of carbonyl (C=O) groups is 2. The number of aliphatic hydroxyl groups is 1. The van der Waals surface area contributed by atoms with E-state index in [1.54, 1.807) is 18.3 Å². The second kappa shape index (κ2) is 13.7. The van der Waals surface area contributed by atoms with Gasteiger partial charge < -0.3 is 30.4 Å². The Labute approximate surface area is 218 Å². The molecule has 5 N–H and O–H groups in total. The van der Waals surface area contributed by atoms with E-state index >= 15 is 0 Å². The van der Waals surface area contributed by atoms with Crippen LogP contribution in [0.15, 0.2) is 31.8 Å². The van der Waals surface area contributed by atoms with Crippen molar-refractivity contribution in [1.82, 2.24) is 9.97 Å². The zero-order chi connectivity index (χ0) is 20.8. The number of thiophene rings is 2. The molecule has 0 spiro atoms. The van der Waals surface area contributed by atoms with Crippen molar-refractivity contribution >= 4 is 86.9 Å². The van der Waals surface area contributed by atoms with Crippen LogP contribution in [0.2, 0.25) is 0 Å². The molecule has 4 aromatic rings. The molecule has 0 aromatic carbocycles. The molecule has 4 heterocycles. The second-order valence-corrected chi connectivity index (χ2v) is 8.40. The van der Waals surface area contributed by atoms with Crippen molar-refractivity contribution in [2.45, 2.75) is 6.92 Å². The second-order valence-electron chi connectivity index (χ2n) is 4.98. The Morgan fingerprint density at radius 2 is 1.43 bits per heavy atom. The number of fused-ring (bicyclic) bond motifs is 2. The first-order chi connectivity index (χ1) is 13.4. The maximum absolute atomic E-state index is 11.5. The largest absolute Gasteiger partial charge is 1.00 e. The molecule has 0 fully saturated rings. The number of esters is 1. The fourth-order valence-electron chi connectivity index (χ4n) is 2.26. The van der Waals surface area contributed by atoms with Crippen molar-refractivity contribution < 1.29 is 59.6 Å². The standard InChI is InChI=1S/C9H8BrNO2S.C7H4BrNO2S.CH4O.Na.H2O/c1-2-13-9(12)7-6(10)5-3-4-14-8(5)11-7;8-4-3-1-2-12-6(3)9-5(4)7(10)11;1-2;;/h3-4,11H,2H2,1H3;1-2,9H,(H,10,11);2H,1H3;;1H2/q;;;+1;/p-1. The number of halogens is 2. The molecule has 0 radical (unpaired) electrons. The SMILES string of the molecule is CCOC(=O)c1[nH]c2sccc2c1Br.CO.O=C(O)c1[nH]c2sccc2c1Br.[Na+].[OH-]. The van der Waals surface area contributed by atoms with E-state index in [9.17, 15) is 9.59 Å². The predicted octanol–water partition coefficient (Wildman–Crippen LogP) is 2.29. The van der Waals surface area contributed by atoms with E-state index in [-0.39, 0.29) is 46.7 Å². The molecular weight excluding hydrogens is 575 g/mol. The molecule has 0 aliphatic rings. The number of carbonyl (C=O) groups excluding carboxylic acids is 1. The summed E-state index contributed by atoms with van der Waals surface area (Å²) < 4.78 is 6.33. The number of carboxylic acids is 1. The molecule has 4 aromatic heterocycles. The Morgan fingerprint density at radius 1 is 1.00 bits per heavy atom. The number of aliphatic hydroxyl groups excluding tert-OH is 1. The van der Waals surface area contributed by atoms with Crippen LogP contribution >= 0.6 is 54.5 Å². The summed E-state index contributed by atoms with van der Waals surface area (Å²) in [5.41, 5.74) is 0.713. The Kier molecular flexibility index (Phi) is 13.3. The van der Waals surface area contributed by atoms with Crippen LogP contribution in [0, 0.1) is 0 Å². The maximum atomic E-state index is 11.5. The van der Waals surface area contributed by atoms with E-state index in [0.717, 1.165) is 32.0 Å². The zero-order valence-electron chi connectivity index (χ0n) is 16.2. The molecule has 0 saturated carbocycles.